The second-order valence-electron chi connectivity index (χ2n) is 8.76. The quantitative estimate of drug-likeness (QED) is 0.200. The lowest BCUT2D eigenvalue weighted by molar-refractivity contribution is -0.396. The molecule has 1 aromatic heterocycles. The van der Waals surface area contributed by atoms with Crippen molar-refractivity contribution in [3.8, 4) is 5.75 Å². The first kappa shape index (κ1) is 27.1. The van der Waals surface area contributed by atoms with Gasteiger partial charge in [-0.2, -0.15) is 0 Å². The van der Waals surface area contributed by atoms with E-state index < -0.39 is 44.5 Å². The van der Waals surface area contributed by atoms with Gasteiger partial charge >= 0.3 is 17.3 Å². The van der Waals surface area contributed by atoms with Crippen LogP contribution >= 0.6 is 11.3 Å². The Bertz CT molecular complexity index is 1880. The van der Waals surface area contributed by atoms with Crippen LogP contribution in [-0.4, -0.2) is 32.1 Å². The number of nitro benzene ring substituents is 2. The summed E-state index contributed by atoms with van der Waals surface area (Å²) in [7, 11) is 0. The highest BCUT2D eigenvalue weighted by Crippen LogP contribution is 2.37. The zero-order chi connectivity index (χ0) is 29.3. The van der Waals surface area contributed by atoms with Crippen molar-refractivity contribution in [2.45, 2.75) is 13.0 Å². The van der Waals surface area contributed by atoms with Crippen LogP contribution in [0.15, 0.2) is 88.2 Å². The van der Waals surface area contributed by atoms with Crippen LogP contribution in [0.5, 0.6) is 5.75 Å². The molecule has 13 heteroatoms. The van der Waals surface area contributed by atoms with Gasteiger partial charge in [-0.15, -0.1) is 0 Å². The lowest BCUT2D eigenvalue weighted by Gasteiger charge is -2.25. The number of esters is 1. The molecule has 1 aliphatic heterocycles. The number of nitrogens with zero attached hydrogens (tertiary/aromatic N) is 4. The molecular formula is C28H20N4O8S. The van der Waals surface area contributed by atoms with Gasteiger partial charge in [0.05, 0.1) is 38.3 Å². The maximum Gasteiger partial charge on any atom is 0.338 e. The molecule has 41 heavy (non-hydrogen) atoms. The highest BCUT2D eigenvalue weighted by molar-refractivity contribution is 7.07. The molecular weight excluding hydrogens is 552 g/mol. The van der Waals surface area contributed by atoms with Crippen molar-refractivity contribution in [1.29, 1.82) is 0 Å². The third-order valence-corrected chi connectivity index (χ3v) is 7.26. The van der Waals surface area contributed by atoms with E-state index in [4.69, 9.17) is 4.74 Å². The van der Waals surface area contributed by atoms with Gasteiger partial charge < -0.3 is 9.84 Å². The zero-order valence-electron chi connectivity index (χ0n) is 21.3. The SMILES string of the molecule is CCOC(=O)C1=C(c2ccccc2)N=c2s/c(=C\c3cc([N+](=O)[O-])c(O)c([N+](=O)[O-])c3)c(=O)n2[C@@H]1c1ccccc1. The largest absolute Gasteiger partial charge is 0.497 e. The monoisotopic (exact) mass is 572 g/mol. The summed E-state index contributed by atoms with van der Waals surface area (Å²) in [4.78, 5) is 53.2. The molecule has 3 aromatic carbocycles. The average molecular weight is 573 g/mol. The number of aromatic hydroxyl groups is 1. The second kappa shape index (κ2) is 11.0. The van der Waals surface area contributed by atoms with Gasteiger partial charge in [-0.25, -0.2) is 9.79 Å². The smallest absolute Gasteiger partial charge is 0.338 e. The minimum absolute atomic E-state index is 0.0457. The minimum Gasteiger partial charge on any atom is -0.497 e. The number of fused-ring (bicyclic) bond motifs is 1. The van der Waals surface area contributed by atoms with Crippen LogP contribution in [-0.2, 0) is 9.53 Å². The van der Waals surface area contributed by atoms with E-state index in [0.29, 0.717) is 16.8 Å². The molecule has 206 valence electrons. The van der Waals surface area contributed by atoms with E-state index in [2.05, 4.69) is 4.99 Å². The Hall–Kier alpha value is -5.43. The number of carbonyl (C=O) groups is 1. The van der Waals surface area contributed by atoms with Crippen LogP contribution in [0.1, 0.15) is 29.7 Å². The van der Waals surface area contributed by atoms with Gasteiger partial charge in [0.15, 0.2) is 4.80 Å². The number of phenolic OH excluding ortho intramolecular Hbond substituents is 1. The number of thiazole rings is 1. The lowest BCUT2D eigenvalue weighted by atomic mass is 9.93. The highest BCUT2D eigenvalue weighted by Gasteiger charge is 2.35. The van der Waals surface area contributed by atoms with Gasteiger partial charge in [0.25, 0.3) is 11.3 Å². The fraction of sp³-hybridized carbons (Fsp3) is 0.107. The van der Waals surface area contributed by atoms with Gasteiger partial charge in [0.2, 0.25) is 0 Å². The Morgan fingerprint density at radius 3 is 2.20 bits per heavy atom. The van der Waals surface area contributed by atoms with E-state index in [1.54, 1.807) is 61.5 Å². The summed E-state index contributed by atoms with van der Waals surface area (Å²) in [6.07, 6.45) is 1.25. The van der Waals surface area contributed by atoms with Crippen LogP contribution in [0, 0.1) is 20.2 Å². The summed E-state index contributed by atoms with van der Waals surface area (Å²) < 4.78 is 6.79. The molecule has 0 aliphatic carbocycles. The van der Waals surface area contributed by atoms with Gasteiger partial charge in [0, 0.05) is 17.7 Å². The molecule has 12 nitrogen and oxygen atoms in total. The molecule has 0 radical (unpaired) electrons. The maximum absolute atomic E-state index is 13.9. The Morgan fingerprint density at radius 2 is 1.63 bits per heavy atom. The van der Waals surface area contributed by atoms with Crippen molar-refractivity contribution >= 4 is 40.5 Å². The summed E-state index contributed by atoms with van der Waals surface area (Å²) in [5.74, 6) is -1.74. The van der Waals surface area contributed by atoms with E-state index in [9.17, 15) is 34.9 Å². The lowest BCUT2D eigenvalue weighted by Crippen LogP contribution is -2.40. The normalized spacial score (nSPS) is 14.8. The first-order valence-corrected chi connectivity index (χ1v) is 13.0. The number of aromatic nitrogens is 1. The van der Waals surface area contributed by atoms with Gasteiger partial charge in [-0.05, 0) is 24.1 Å². The molecule has 1 atom stereocenters. The van der Waals surface area contributed by atoms with Crippen LogP contribution in [0.4, 0.5) is 11.4 Å². The number of nitro groups is 2. The third kappa shape index (κ3) is 5.01. The molecule has 0 unspecified atom stereocenters. The summed E-state index contributed by atoms with van der Waals surface area (Å²) in [5.41, 5.74) is -0.666. The predicted molar refractivity (Wildman–Crippen MR) is 149 cm³/mol. The van der Waals surface area contributed by atoms with Crippen molar-refractivity contribution in [1.82, 2.24) is 4.57 Å². The zero-order valence-corrected chi connectivity index (χ0v) is 22.1. The number of ether oxygens (including phenoxy) is 1. The van der Waals surface area contributed by atoms with Crippen LogP contribution in [0.25, 0.3) is 11.8 Å². The van der Waals surface area contributed by atoms with E-state index in [1.165, 1.54) is 10.6 Å². The number of phenols is 1. The molecule has 0 spiro atoms. The summed E-state index contributed by atoms with van der Waals surface area (Å²) in [6.45, 7) is 1.76. The topological polar surface area (TPSA) is 167 Å². The number of hydrogen-bond donors (Lipinski definition) is 1. The molecule has 0 fully saturated rings. The van der Waals surface area contributed by atoms with Gasteiger partial charge in [0.1, 0.15) is 0 Å². The number of hydrogen-bond acceptors (Lipinski definition) is 10. The number of benzene rings is 3. The standard InChI is InChI=1S/C28H20N4O8S/c1-2-40-27(35)22-23(17-9-5-3-6-10-17)29-28-30(24(22)18-11-7-4-8-12-18)26(34)21(41-28)15-16-13-19(31(36)37)25(33)20(14-16)32(38)39/h3-15,24,33H,2H2,1H3/b21-15-/t24-/m1/s1. The van der Waals surface area contributed by atoms with E-state index in [1.807, 2.05) is 6.07 Å². The summed E-state index contributed by atoms with van der Waals surface area (Å²) in [6, 6.07) is 18.8. The molecule has 0 amide bonds. The van der Waals surface area contributed by atoms with Gasteiger partial charge in [-0.3, -0.25) is 29.6 Å². The molecule has 0 saturated carbocycles. The second-order valence-corrected chi connectivity index (χ2v) is 9.77. The Morgan fingerprint density at radius 1 is 1.05 bits per heavy atom. The first-order chi connectivity index (χ1) is 19.7. The molecule has 0 bridgehead atoms. The van der Waals surface area contributed by atoms with Crippen LogP contribution < -0.4 is 14.9 Å². The van der Waals surface area contributed by atoms with Crippen LogP contribution in [0.3, 0.4) is 0 Å². The van der Waals surface area contributed by atoms with E-state index in [0.717, 1.165) is 23.5 Å². The van der Waals surface area contributed by atoms with Crippen molar-refractivity contribution < 1.29 is 24.5 Å². The Balaban J connectivity index is 1.82. The summed E-state index contributed by atoms with van der Waals surface area (Å²) >= 11 is 0.953. The molecule has 2 heterocycles. The maximum atomic E-state index is 13.9. The summed E-state index contributed by atoms with van der Waals surface area (Å²) in [5, 5.41) is 32.9. The number of rotatable bonds is 7. The van der Waals surface area contributed by atoms with Crippen molar-refractivity contribution in [3.63, 3.8) is 0 Å². The average Bonchev–Trinajstić information content (AvgIpc) is 3.27. The fourth-order valence-electron chi connectivity index (χ4n) is 4.53. The Kier molecular flexibility index (Phi) is 7.27. The van der Waals surface area contributed by atoms with Gasteiger partial charge in [-0.1, -0.05) is 72.0 Å². The molecule has 4 aromatic rings. The molecule has 1 N–H and O–H groups in total. The minimum atomic E-state index is -1.09. The van der Waals surface area contributed by atoms with E-state index >= 15 is 0 Å². The Labute approximate surface area is 234 Å². The fourth-order valence-corrected chi connectivity index (χ4v) is 5.53. The van der Waals surface area contributed by atoms with Crippen molar-refractivity contribution in [2.75, 3.05) is 6.61 Å². The van der Waals surface area contributed by atoms with Crippen LogP contribution in [0.2, 0.25) is 0 Å². The predicted octanol–water partition coefficient (Wildman–Crippen LogP) is 3.46. The van der Waals surface area contributed by atoms with Crippen molar-refractivity contribution in [2.24, 2.45) is 4.99 Å². The molecule has 1 aliphatic rings. The molecule has 0 saturated heterocycles. The molecule has 5 rings (SSSR count). The van der Waals surface area contributed by atoms with Crippen molar-refractivity contribution in [3.05, 3.63) is 135 Å². The number of carbonyl (C=O) groups excluding carboxylic acids is 1. The highest BCUT2D eigenvalue weighted by atomic mass is 32.1. The first-order valence-electron chi connectivity index (χ1n) is 12.2. The third-order valence-electron chi connectivity index (χ3n) is 6.27. The van der Waals surface area contributed by atoms with E-state index in [-0.39, 0.29) is 27.1 Å².